The van der Waals surface area contributed by atoms with Gasteiger partial charge in [-0.1, -0.05) is 19.3 Å². The van der Waals surface area contributed by atoms with E-state index >= 15 is 0 Å². The van der Waals surface area contributed by atoms with Crippen LogP contribution in [0.15, 0.2) is 18.2 Å². The number of hydrogen-bond acceptors (Lipinski definition) is 5. The van der Waals surface area contributed by atoms with E-state index in [1.807, 2.05) is 6.92 Å². The quantitative estimate of drug-likeness (QED) is 0.224. The molecule has 3 amide bonds. The lowest BCUT2D eigenvalue weighted by atomic mass is 10.0. The lowest BCUT2D eigenvalue weighted by Crippen LogP contribution is -2.25. The number of aromatic amines is 1. The molecule has 1 aromatic carbocycles. The number of amides is 3. The number of unbranched alkanes of at least 4 members (excludes halogenated alkanes) is 4. The van der Waals surface area contributed by atoms with Crippen LogP contribution in [0.2, 0.25) is 0 Å². The molecule has 3 rings (SSSR count). The van der Waals surface area contributed by atoms with Gasteiger partial charge in [0.1, 0.15) is 5.82 Å². The van der Waals surface area contributed by atoms with Crippen LogP contribution >= 0.6 is 0 Å². The van der Waals surface area contributed by atoms with Gasteiger partial charge in [-0.25, -0.2) is 4.39 Å². The number of aromatic nitrogens is 1. The van der Waals surface area contributed by atoms with Crippen LogP contribution in [0.25, 0.3) is 11.6 Å². The average molecular weight is 499 g/mol. The molecule has 0 aliphatic carbocycles. The van der Waals surface area contributed by atoms with Crippen LogP contribution in [0, 0.1) is 19.7 Å². The van der Waals surface area contributed by atoms with Crippen LogP contribution in [-0.4, -0.2) is 35.2 Å². The van der Waals surface area contributed by atoms with Gasteiger partial charge in [-0.05, 0) is 56.5 Å². The number of hydrogen-bond donors (Lipinski definition) is 4. The summed E-state index contributed by atoms with van der Waals surface area (Å²) in [5, 5.41) is 5.66. The van der Waals surface area contributed by atoms with E-state index < -0.39 is 11.8 Å². The van der Waals surface area contributed by atoms with Gasteiger partial charge in [0.05, 0.1) is 11.1 Å². The fourth-order valence-electron chi connectivity index (χ4n) is 4.12. The summed E-state index contributed by atoms with van der Waals surface area (Å²) in [7, 11) is 0. The Morgan fingerprint density at radius 1 is 1.08 bits per heavy atom. The molecular formula is C26H31FN4O5. The minimum Gasteiger partial charge on any atom is -0.358 e. The maximum absolute atomic E-state index is 13.7. The number of nitrogens with one attached hydrogen (secondary N) is 4. The number of hydroxylamine groups is 1. The summed E-state index contributed by atoms with van der Waals surface area (Å²) in [6.45, 7) is 5.33. The molecule has 0 radical (unpaired) electrons. The van der Waals surface area contributed by atoms with Crippen LogP contribution in [0.4, 0.5) is 10.1 Å². The molecule has 1 aliphatic rings. The molecule has 192 valence electrons. The van der Waals surface area contributed by atoms with E-state index in [-0.39, 0.29) is 24.1 Å². The molecule has 0 fully saturated rings. The van der Waals surface area contributed by atoms with Crippen molar-refractivity contribution in [3.63, 3.8) is 0 Å². The molecule has 4 N–H and O–H groups in total. The first-order valence-corrected chi connectivity index (χ1v) is 11.9. The monoisotopic (exact) mass is 498 g/mol. The highest BCUT2D eigenvalue weighted by Gasteiger charge is 2.26. The molecule has 9 nitrogen and oxygen atoms in total. The first kappa shape index (κ1) is 26.7. The van der Waals surface area contributed by atoms with Crippen molar-refractivity contribution < 1.29 is 28.4 Å². The topological polar surface area (TPSA) is 129 Å². The van der Waals surface area contributed by atoms with Gasteiger partial charge in [0.15, 0.2) is 0 Å². The summed E-state index contributed by atoms with van der Waals surface area (Å²) in [6.07, 6.45) is 6.10. The average Bonchev–Trinajstić information content (AvgIpc) is 3.28. The van der Waals surface area contributed by atoms with Crippen LogP contribution in [0.1, 0.15) is 78.3 Å². The third kappa shape index (κ3) is 6.80. The van der Waals surface area contributed by atoms with E-state index in [4.69, 9.17) is 0 Å². The number of aryl methyl sites for hydroxylation is 1. The Labute approximate surface area is 208 Å². The van der Waals surface area contributed by atoms with Gasteiger partial charge in [-0.3, -0.25) is 19.2 Å². The van der Waals surface area contributed by atoms with E-state index in [0.717, 1.165) is 25.7 Å². The molecule has 0 saturated heterocycles. The molecule has 0 bridgehead atoms. The zero-order valence-corrected chi connectivity index (χ0v) is 20.7. The number of fused-ring (bicyclic) bond motifs is 1. The summed E-state index contributed by atoms with van der Waals surface area (Å²) in [4.78, 5) is 54.9. The van der Waals surface area contributed by atoms with E-state index in [1.165, 1.54) is 25.1 Å². The maximum Gasteiger partial charge on any atom is 0.329 e. The second-order valence-corrected chi connectivity index (χ2v) is 8.76. The number of rotatable bonds is 10. The lowest BCUT2D eigenvalue weighted by molar-refractivity contribution is -0.156. The van der Waals surface area contributed by atoms with Gasteiger partial charge in [0.2, 0.25) is 0 Å². The predicted molar refractivity (Wildman–Crippen MR) is 133 cm³/mol. The minimum absolute atomic E-state index is 0.199. The molecule has 36 heavy (non-hydrogen) atoms. The smallest absolute Gasteiger partial charge is 0.329 e. The Morgan fingerprint density at radius 3 is 2.56 bits per heavy atom. The van der Waals surface area contributed by atoms with Crippen molar-refractivity contribution in [3.05, 3.63) is 52.1 Å². The van der Waals surface area contributed by atoms with E-state index in [0.29, 0.717) is 52.3 Å². The number of anilines is 1. The molecule has 2 heterocycles. The SMILES string of the molecule is CC(=O)ONC(=O)CCCCCCCNC(=O)c1c(C)[nH]c(C=C2C(=O)Nc3ccc(F)cc32)c1C. The second kappa shape index (κ2) is 12.1. The first-order chi connectivity index (χ1) is 17.2. The molecule has 10 heteroatoms. The highest BCUT2D eigenvalue weighted by Crippen LogP contribution is 2.34. The largest absolute Gasteiger partial charge is 0.358 e. The van der Waals surface area contributed by atoms with Crippen molar-refractivity contribution in [2.45, 2.75) is 59.3 Å². The van der Waals surface area contributed by atoms with Gasteiger partial charge in [-0.15, -0.1) is 0 Å². The maximum atomic E-state index is 13.7. The van der Waals surface area contributed by atoms with E-state index in [1.54, 1.807) is 13.0 Å². The molecule has 0 unspecified atom stereocenters. The van der Waals surface area contributed by atoms with Gasteiger partial charge in [0, 0.05) is 42.5 Å². The Morgan fingerprint density at radius 2 is 1.81 bits per heavy atom. The molecule has 2 aromatic rings. The molecule has 0 atom stereocenters. The molecule has 1 aliphatic heterocycles. The molecule has 0 saturated carbocycles. The van der Waals surface area contributed by atoms with Crippen LogP contribution in [0.5, 0.6) is 0 Å². The van der Waals surface area contributed by atoms with Crippen molar-refractivity contribution in [2.75, 3.05) is 11.9 Å². The Hall–Kier alpha value is -3.95. The summed E-state index contributed by atoms with van der Waals surface area (Å²) in [5.41, 5.74) is 6.00. The normalized spacial score (nSPS) is 13.3. The van der Waals surface area contributed by atoms with Gasteiger partial charge < -0.3 is 20.5 Å². The molecular weight excluding hydrogens is 467 g/mol. The summed E-state index contributed by atoms with van der Waals surface area (Å²) in [6, 6.07) is 4.13. The van der Waals surface area contributed by atoms with Crippen molar-refractivity contribution in [3.8, 4) is 0 Å². The fraction of sp³-hybridized carbons (Fsp3) is 0.385. The standard InChI is InChI=1S/C26H31FN4O5/c1-15-22(14-20-19-13-18(27)10-11-21(19)30-25(20)34)29-16(2)24(15)26(35)28-12-8-6-4-5-7-9-23(33)31-36-17(3)32/h10-11,13-14,29H,4-9,12H2,1-3H3,(H,28,35)(H,30,34)(H,31,33). The van der Waals surface area contributed by atoms with Crippen molar-refractivity contribution in [1.82, 2.24) is 15.8 Å². The fourth-order valence-corrected chi connectivity index (χ4v) is 4.12. The zero-order valence-electron chi connectivity index (χ0n) is 20.7. The summed E-state index contributed by atoms with van der Waals surface area (Å²) in [5.74, 6) is -1.84. The van der Waals surface area contributed by atoms with Crippen LogP contribution < -0.4 is 16.1 Å². The Bertz CT molecular complexity index is 1200. The van der Waals surface area contributed by atoms with E-state index in [2.05, 4.69) is 25.9 Å². The number of carbonyl (C=O) groups is 4. The summed E-state index contributed by atoms with van der Waals surface area (Å²) < 4.78 is 13.7. The first-order valence-electron chi connectivity index (χ1n) is 11.9. The van der Waals surface area contributed by atoms with Gasteiger partial charge in [0.25, 0.3) is 17.7 Å². The highest BCUT2D eigenvalue weighted by atomic mass is 19.1. The third-order valence-corrected chi connectivity index (χ3v) is 5.93. The van der Waals surface area contributed by atoms with Gasteiger partial charge >= 0.3 is 5.97 Å². The molecule has 1 aromatic heterocycles. The second-order valence-electron chi connectivity index (χ2n) is 8.76. The summed E-state index contributed by atoms with van der Waals surface area (Å²) >= 11 is 0. The predicted octanol–water partition coefficient (Wildman–Crippen LogP) is 3.93. The highest BCUT2D eigenvalue weighted by molar-refractivity contribution is 6.34. The number of halogens is 1. The third-order valence-electron chi connectivity index (χ3n) is 5.93. The zero-order chi connectivity index (χ0) is 26.2. The van der Waals surface area contributed by atoms with Crippen LogP contribution in [0.3, 0.4) is 0 Å². The number of benzene rings is 1. The van der Waals surface area contributed by atoms with Crippen molar-refractivity contribution in [2.24, 2.45) is 0 Å². The number of H-pyrrole nitrogens is 1. The lowest BCUT2D eigenvalue weighted by Gasteiger charge is -2.07. The van der Waals surface area contributed by atoms with Crippen molar-refractivity contribution >= 4 is 41.0 Å². The number of carbonyl (C=O) groups excluding carboxylic acids is 4. The Balaban J connectivity index is 1.47. The van der Waals surface area contributed by atoms with Crippen LogP contribution in [-0.2, 0) is 19.2 Å². The minimum atomic E-state index is -0.563. The molecule has 0 spiro atoms. The van der Waals surface area contributed by atoms with Gasteiger partial charge in [-0.2, -0.15) is 5.48 Å². The Kier molecular flexibility index (Phi) is 8.99. The van der Waals surface area contributed by atoms with E-state index in [9.17, 15) is 23.6 Å². The van der Waals surface area contributed by atoms with Crippen molar-refractivity contribution in [1.29, 1.82) is 0 Å².